The lowest BCUT2D eigenvalue weighted by atomic mass is 10.1. The van der Waals surface area contributed by atoms with Crippen LogP contribution < -0.4 is 0 Å². The van der Waals surface area contributed by atoms with Crippen LogP contribution in [0.15, 0.2) is 42.7 Å². The number of nitrogens with zero attached hydrogens (tertiary/aromatic N) is 4. The first kappa shape index (κ1) is 15.4. The van der Waals surface area contributed by atoms with Gasteiger partial charge in [0.15, 0.2) is 0 Å². The van der Waals surface area contributed by atoms with Crippen molar-refractivity contribution in [1.29, 1.82) is 0 Å². The third kappa shape index (κ3) is 2.97. The quantitative estimate of drug-likeness (QED) is 0.802. The monoisotopic (exact) mass is 323 g/mol. The van der Waals surface area contributed by atoms with Crippen LogP contribution in [-0.2, 0) is 19.6 Å². The first-order valence-corrected chi connectivity index (χ1v) is 8.65. The van der Waals surface area contributed by atoms with Gasteiger partial charge in [0.25, 0.3) is 0 Å². The molecule has 0 saturated heterocycles. The molecule has 0 aliphatic carbocycles. The van der Waals surface area contributed by atoms with Crippen molar-refractivity contribution in [1.82, 2.24) is 24.6 Å². The van der Waals surface area contributed by atoms with Crippen molar-refractivity contribution in [3.63, 3.8) is 0 Å². The van der Waals surface area contributed by atoms with Crippen molar-refractivity contribution in [3.8, 4) is 0 Å². The molecule has 1 unspecified atom stereocenters. The molecule has 3 heterocycles. The van der Waals surface area contributed by atoms with E-state index >= 15 is 0 Å². The van der Waals surface area contributed by atoms with Crippen LogP contribution in [0.2, 0.25) is 0 Å². The van der Waals surface area contributed by atoms with Crippen LogP contribution in [0.25, 0.3) is 10.9 Å². The van der Waals surface area contributed by atoms with Gasteiger partial charge in [0.1, 0.15) is 0 Å². The first-order chi connectivity index (χ1) is 11.7. The Morgan fingerprint density at radius 3 is 3.04 bits per heavy atom. The number of hydrogen-bond acceptors (Lipinski definition) is 3. The van der Waals surface area contributed by atoms with Gasteiger partial charge in [-0.1, -0.05) is 12.1 Å². The molecule has 1 atom stereocenters. The van der Waals surface area contributed by atoms with Gasteiger partial charge in [-0.3, -0.25) is 9.58 Å². The zero-order chi connectivity index (χ0) is 16.5. The van der Waals surface area contributed by atoms with Gasteiger partial charge in [-0.25, -0.2) is 0 Å². The molecule has 1 N–H and O–H groups in total. The van der Waals surface area contributed by atoms with E-state index in [4.69, 9.17) is 0 Å². The molecule has 1 aromatic carbocycles. The van der Waals surface area contributed by atoms with Crippen molar-refractivity contribution >= 4 is 10.9 Å². The summed E-state index contributed by atoms with van der Waals surface area (Å²) in [7, 11) is 4.32. The highest BCUT2D eigenvalue weighted by atomic mass is 15.3. The van der Waals surface area contributed by atoms with Crippen LogP contribution >= 0.6 is 0 Å². The Labute approximate surface area is 142 Å². The van der Waals surface area contributed by atoms with Gasteiger partial charge < -0.3 is 9.88 Å². The second kappa shape index (κ2) is 6.42. The van der Waals surface area contributed by atoms with Gasteiger partial charge in [-0.15, -0.1) is 0 Å². The Hall–Kier alpha value is -2.11. The molecule has 5 nitrogen and oxygen atoms in total. The zero-order valence-electron chi connectivity index (χ0n) is 14.4. The highest BCUT2D eigenvalue weighted by Gasteiger charge is 2.25. The van der Waals surface area contributed by atoms with Crippen LogP contribution in [0.5, 0.6) is 0 Å². The van der Waals surface area contributed by atoms with Gasteiger partial charge >= 0.3 is 0 Å². The summed E-state index contributed by atoms with van der Waals surface area (Å²) in [5.41, 5.74) is 3.93. The van der Waals surface area contributed by atoms with Crippen molar-refractivity contribution in [3.05, 3.63) is 54.0 Å². The van der Waals surface area contributed by atoms with E-state index in [0.29, 0.717) is 6.04 Å². The minimum atomic E-state index is 0.538. The molecule has 5 heteroatoms. The number of rotatable bonds is 4. The highest BCUT2D eigenvalue weighted by molar-refractivity contribution is 5.82. The van der Waals surface area contributed by atoms with Crippen LogP contribution in [-0.4, -0.2) is 51.2 Å². The number of aromatic nitrogens is 3. The van der Waals surface area contributed by atoms with E-state index in [1.54, 1.807) is 0 Å². The summed E-state index contributed by atoms with van der Waals surface area (Å²) >= 11 is 0. The fourth-order valence-electron chi connectivity index (χ4n) is 3.81. The van der Waals surface area contributed by atoms with Crippen molar-refractivity contribution < 1.29 is 0 Å². The van der Waals surface area contributed by atoms with Crippen LogP contribution in [0, 0.1) is 0 Å². The van der Waals surface area contributed by atoms with Gasteiger partial charge in [-0.2, -0.15) is 5.10 Å². The molecule has 3 aromatic rings. The lowest BCUT2D eigenvalue weighted by molar-refractivity contribution is 0.144. The van der Waals surface area contributed by atoms with E-state index in [0.717, 1.165) is 32.6 Å². The molecule has 2 aromatic heterocycles. The highest BCUT2D eigenvalue weighted by Crippen LogP contribution is 2.24. The number of benzene rings is 1. The fourth-order valence-corrected chi connectivity index (χ4v) is 3.81. The number of nitrogens with one attached hydrogen (secondary N) is 1. The summed E-state index contributed by atoms with van der Waals surface area (Å²) in [5.74, 6) is 0. The maximum absolute atomic E-state index is 4.48. The predicted molar refractivity (Wildman–Crippen MR) is 96.7 cm³/mol. The Balaban J connectivity index is 1.65. The number of likely N-dealkylation sites (N-methyl/N-ethyl adjacent to an activating group) is 1. The smallest absolute Gasteiger partial charge is 0.0524 e. The molecule has 0 radical (unpaired) electrons. The Morgan fingerprint density at radius 1 is 1.25 bits per heavy atom. The molecule has 1 aliphatic heterocycles. The van der Waals surface area contributed by atoms with Gasteiger partial charge in [0.05, 0.1) is 5.69 Å². The standard InChI is InChI=1S/C19H25N5/c1-22(2)13-16-8-11-24-17(6-10-21-24)14-23(16)12-15-4-3-5-19-18(15)7-9-20-19/h3-7,9-10,16,20H,8,11-14H2,1-2H3. The normalized spacial score (nSPS) is 18.9. The summed E-state index contributed by atoms with van der Waals surface area (Å²) in [6.45, 7) is 4.01. The van der Waals surface area contributed by atoms with E-state index in [1.165, 1.54) is 22.2 Å². The van der Waals surface area contributed by atoms with E-state index in [2.05, 4.69) is 69.0 Å². The van der Waals surface area contributed by atoms with Gasteiger partial charge in [0, 0.05) is 55.5 Å². The Kier molecular flexibility index (Phi) is 4.12. The maximum Gasteiger partial charge on any atom is 0.0524 e. The average Bonchev–Trinajstić information content (AvgIpc) is 3.17. The molecule has 0 amide bonds. The molecule has 0 spiro atoms. The van der Waals surface area contributed by atoms with Crippen molar-refractivity contribution in [2.45, 2.75) is 32.1 Å². The summed E-state index contributed by atoms with van der Waals surface area (Å²) in [6, 6.07) is 11.4. The predicted octanol–water partition coefficient (Wildman–Crippen LogP) is 2.70. The van der Waals surface area contributed by atoms with Crippen LogP contribution in [0.3, 0.4) is 0 Å². The molecule has 1 aliphatic rings. The lowest BCUT2D eigenvalue weighted by Gasteiger charge is -2.31. The molecule has 0 fully saturated rings. The fraction of sp³-hybridized carbons (Fsp3) is 0.421. The largest absolute Gasteiger partial charge is 0.361 e. The molecule has 126 valence electrons. The molecule has 0 bridgehead atoms. The van der Waals surface area contributed by atoms with Crippen molar-refractivity contribution in [2.24, 2.45) is 0 Å². The van der Waals surface area contributed by atoms with E-state index < -0.39 is 0 Å². The summed E-state index contributed by atoms with van der Waals surface area (Å²) in [4.78, 5) is 8.23. The zero-order valence-corrected chi connectivity index (χ0v) is 14.4. The topological polar surface area (TPSA) is 40.1 Å². The number of aromatic amines is 1. The lowest BCUT2D eigenvalue weighted by Crippen LogP contribution is -2.40. The molecular weight excluding hydrogens is 298 g/mol. The summed E-state index contributed by atoms with van der Waals surface area (Å²) in [5, 5.41) is 5.82. The minimum Gasteiger partial charge on any atom is -0.361 e. The Bertz CT molecular complexity index is 816. The Morgan fingerprint density at radius 2 is 2.17 bits per heavy atom. The van der Waals surface area contributed by atoms with Crippen LogP contribution in [0.1, 0.15) is 17.7 Å². The van der Waals surface area contributed by atoms with E-state index in [-0.39, 0.29) is 0 Å². The number of aryl methyl sites for hydroxylation is 1. The third-order valence-corrected chi connectivity index (χ3v) is 4.99. The number of hydrogen-bond donors (Lipinski definition) is 1. The number of fused-ring (bicyclic) bond motifs is 2. The minimum absolute atomic E-state index is 0.538. The van der Waals surface area contributed by atoms with Crippen molar-refractivity contribution in [2.75, 3.05) is 20.6 Å². The summed E-state index contributed by atoms with van der Waals surface area (Å²) < 4.78 is 2.17. The maximum atomic E-state index is 4.48. The van der Waals surface area contributed by atoms with Crippen LogP contribution in [0.4, 0.5) is 0 Å². The van der Waals surface area contributed by atoms with Gasteiger partial charge in [0.2, 0.25) is 0 Å². The molecule has 0 saturated carbocycles. The van der Waals surface area contributed by atoms with Gasteiger partial charge in [-0.05, 0) is 44.3 Å². The van der Waals surface area contributed by atoms with E-state index in [1.807, 2.05) is 12.4 Å². The number of H-pyrrole nitrogens is 1. The molecule has 4 rings (SSSR count). The second-order valence-corrected chi connectivity index (χ2v) is 7.01. The SMILES string of the molecule is CN(C)CC1CCn2nccc2CN1Cc1cccc2[nH]ccc12. The average molecular weight is 323 g/mol. The molecular formula is C19H25N5. The third-order valence-electron chi connectivity index (χ3n) is 4.99. The van der Waals surface area contributed by atoms with E-state index in [9.17, 15) is 0 Å². The second-order valence-electron chi connectivity index (χ2n) is 7.01. The molecule has 24 heavy (non-hydrogen) atoms. The summed E-state index contributed by atoms with van der Waals surface area (Å²) in [6.07, 6.45) is 5.09. The first-order valence-electron chi connectivity index (χ1n) is 8.65.